The number of carbonyl (C=O) groups excluding carboxylic acids is 1. The second-order valence-electron chi connectivity index (χ2n) is 6.43. The van der Waals surface area contributed by atoms with E-state index in [9.17, 15) is 4.79 Å². The molecule has 1 amide bonds. The topological polar surface area (TPSA) is 81.9 Å². The van der Waals surface area contributed by atoms with E-state index < -0.39 is 5.41 Å². The fourth-order valence-corrected chi connectivity index (χ4v) is 3.17. The Kier molecular flexibility index (Phi) is 3.91. The number of benzene rings is 2. The Morgan fingerprint density at radius 2 is 1.96 bits per heavy atom. The summed E-state index contributed by atoms with van der Waals surface area (Å²) in [6.45, 7) is 1.80. The molecule has 0 saturated heterocycles. The number of carbonyl (C=O) groups is 1. The third-order valence-electron chi connectivity index (χ3n) is 4.80. The van der Waals surface area contributed by atoms with Crippen LogP contribution in [0.2, 0.25) is 0 Å². The van der Waals surface area contributed by atoms with Crippen LogP contribution in [0, 0.1) is 6.92 Å². The lowest BCUT2D eigenvalue weighted by Crippen LogP contribution is -2.27. The molecule has 4 rings (SSSR count). The molecule has 3 aromatic rings. The number of hydrogen-bond acceptors (Lipinski definition) is 5. The van der Waals surface area contributed by atoms with Crippen LogP contribution in [0.3, 0.4) is 0 Å². The normalized spacial score (nSPS) is 14.7. The minimum Gasteiger partial charge on any atom is -0.494 e. The van der Waals surface area contributed by atoms with Crippen molar-refractivity contribution in [1.82, 2.24) is 20.2 Å². The lowest BCUT2D eigenvalue weighted by Gasteiger charge is -2.17. The van der Waals surface area contributed by atoms with E-state index in [-0.39, 0.29) is 5.91 Å². The van der Waals surface area contributed by atoms with Crippen LogP contribution < -0.4 is 10.1 Å². The quantitative estimate of drug-likeness (QED) is 0.766. The maximum atomic E-state index is 12.9. The fraction of sp³-hybridized carbons (Fsp3) is 0.263. The first-order valence-electron chi connectivity index (χ1n) is 8.44. The summed E-state index contributed by atoms with van der Waals surface area (Å²) in [6, 6.07) is 15.4. The molecule has 1 aliphatic rings. The molecule has 1 saturated carbocycles. The highest BCUT2D eigenvalue weighted by Gasteiger charge is 2.51. The zero-order chi connectivity index (χ0) is 18.1. The van der Waals surface area contributed by atoms with Crippen LogP contribution in [0.4, 0.5) is 5.69 Å². The molecule has 1 aromatic heterocycles. The number of ether oxygens (including phenoxy) is 1. The van der Waals surface area contributed by atoms with Gasteiger partial charge in [0.2, 0.25) is 5.91 Å². The van der Waals surface area contributed by atoms with Gasteiger partial charge in [0.05, 0.1) is 12.5 Å². The summed E-state index contributed by atoms with van der Waals surface area (Å²) in [5.74, 6) is 1.27. The fourth-order valence-electron chi connectivity index (χ4n) is 3.17. The Labute approximate surface area is 151 Å². The van der Waals surface area contributed by atoms with Crippen molar-refractivity contribution in [2.45, 2.75) is 25.2 Å². The maximum Gasteiger partial charge on any atom is 0.235 e. The van der Waals surface area contributed by atoms with Gasteiger partial charge in [-0.05, 0) is 54.0 Å². The van der Waals surface area contributed by atoms with E-state index in [1.54, 1.807) is 24.8 Å². The third kappa shape index (κ3) is 2.71. The van der Waals surface area contributed by atoms with Gasteiger partial charge in [0.25, 0.3) is 0 Å². The smallest absolute Gasteiger partial charge is 0.235 e. The summed E-state index contributed by atoms with van der Waals surface area (Å²) < 4.78 is 6.99. The Morgan fingerprint density at radius 3 is 2.58 bits per heavy atom. The first-order valence-corrected chi connectivity index (χ1v) is 8.44. The van der Waals surface area contributed by atoms with Gasteiger partial charge in [-0.3, -0.25) is 4.79 Å². The molecule has 0 radical (unpaired) electrons. The highest BCUT2D eigenvalue weighted by atomic mass is 16.5. The van der Waals surface area contributed by atoms with E-state index in [2.05, 4.69) is 20.8 Å². The van der Waals surface area contributed by atoms with Crippen molar-refractivity contribution in [3.63, 3.8) is 0 Å². The van der Waals surface area contributed by atoms with Crippen molar-refractivity contribution >= 4 is 11.6 Å². The van der Waals surface area contributed by atoms with Crippen LogP contribution in [0.15, 0.2) is 48.5 Å². The SMILES string of the molecule is COc1ccc(NC(=O)C2(c3ccccc3)CC2)cc1-n1nnnc1C. The van der Waals surface area contributed by atoms with Gasteiger partial charge in [-0.1, -0.05) is 30.3 Å². The van der Waals surface area contributed by atoms with Gasteiger partial charge in [-0.25, -0.2) is 0 Å². The lowest BCUT2D eigenvalue weighted by atomic mass is 9.95. The number of anilines is 1. The number of rotatable bonds is 5. The summed E-state index contributed by atoms with van der Waals surface area (Å²) in [7, 11) is 1.59. The van der Waals surface area contributed by atoms with Gasteiger partial charge in [0.1, 0.15) is 11.4 Å². The highest BCUT2D eigenvalue weighted by molar-refractivity contribution is 6.01. The molecule has 1 aliphatic carbocycles. The van der Waals surface area contributed by atoms with Crippen LogP contribution >= 0.6 is 0 Å². The largest absolute Gasteiger partial charge is 0.494 e. The molecule has 1 heterocycles. The second-order valence-corrected chi connectivity index (χ2v) is 6.43. The third-order valence-corrected chi connectivity index (χ3v) is 4.80. The molecule has 0 spiro atoms. The molecule has 0 unspecified atom stereocenters. The lowest BCUT2D eigenvalue weighted by molar-refractivity contribution is -0.118. The predicted octanol–water partition coefficient (Wildman–Crippen LogP) is 2.65. The van der Waals surface area contributed by atoms with Gasteiger partial charge in [0, 0.05) is 5.69 Å². The van der Waals surface area contributed by atoms with Crippen LogP contribution in [0.1, 0.15) is 24.2 Å². The van der Waals surface area contributed by atoms with Gasteiger partial charge in [0.15, 0.2) is 5.82 Å². The molecule has 132 valence electrons. The Bertz CT molecular complexity index is 948. The zero-order valence-electron chi connectivity index (χ0n) is 14.6. The van der Waals surface area contributed by atoms with Crippen LogP contribution in [-0.4, -0.2) is 33.2 Å². The Balaban J connectivity index is 1.63. The van der Waals surface area contributed by atoms with Gasteiger partial charge in [-0.15, -0.1) is 5.10 Å². The number of tetrazole rings is 1. The molecule has 7 heteroatoms. The van der Waals surface area contributed by atoms with Crippen molar-refractivity contribution in [3.05, 3.63) is 59.9 Å². The van der Waals surface area contributed by atoms with E-state index in [0.717, 1.165) is 18.4 Å². The van der Waals surface area contributed by atoms with E-state index in [1.165, 1.54) is 0 Å². The van der Waals surface area contributed by atoms with E-state index in [1.807, 2.05) is 42.5 Å². The van der Waals surface area contributed by atoms with E-state index in [0.29, 0.717) is 22.9 Å². The number of nitrogens with zero attached hydrogens (tertiary/aromatic N) is 4. The summed E-state index contributed by atoms with van der Waals surface area (Å²) in [4.78, 5) is 12.9. The van der Waals surface area contributed by atoms with Gasteiger partial charge >= 0.3 is 0 Å². The molecule has 1 fully saturated rings. The number of aryl methyl sites for hydroxylation is 1. The van der Waals surface area contributed by atoms with Gasteiger partial charge in [-0.2, -0.15) is 4.68 Å². The number of amides is 1. The summed E-state index contributed by atoms with van der Waals surface area (Å²) in [6.07, 6.45) is 1.72. The molecule has 26 heavy (non-hydrogen) atoms. The molecule has 2 aromatic carbocycles. The highest BCUT2D eigenvalue weighted by Crippen LogP contribution is 2.49. The standard InChI is InChI=1S/C19H19N5O2/c1-13-21-22-23-24(13)16-12-15(8-9-17(16)26-2)20-18(25)19(10-11-19)14-6-4-3-5-7-14/h3-9,12H,10-11H2,1-2H3,(H,20,25). The Hall–Kier alpha value is -3.22. The Morgan fingerprint density at radius 1 is 1.19 bits per heavy atom. The first kappa shape index (κ1) is 16.3. The average Bonchev–Trinajstić information content (AvgIpc) is 3.38. The predicted molar refractivity (Wildman–Crippen MR) is 96.4 cm³/mol. The van der Waals surface area contributed by atoms with Crippen molar-refractivity contribution in [1.29, 1.82) is 0 Å². The molecule has 1 N–H and O–H groups in total. The van der Waals surface area contributed by atoms with Crippen molar-refractivity contribution in [2.24, 2.45) is 0 Å². The van der Waals surface area contributed by atoms with E-state index in [4.69, 9.17) is 4.74 Å². The number of aromatic nitrogens is 4. The minimum atomic E-state index is -0.425. The zero-order valence-corrected chi connectivity index (χ0v) is 14.6. The first-order chi connectivity index (χ1) is 12.6. The summed E-state index contributed by atoms with van der Waals surface area (Å²) in [5, 5.41) is 14.6. The molecule has 0 atom stereocenters. The summed E-state index contributed by atoms with van der Waals surface area (Å²) >= 11 is 0. The number of hydrogen-bond donors (Lipinski definition) is 1. The maximum absolute atomic E-state index is 12.9. The van der Waals surface area contributed by atoms with Crippen LogP contribution in [0.25, 0.3) is 5.69 Å². The second kappa shape index (κ2) is 6.25. The van der Waals surface area contributed by atoms with Crippen LogP contribution in [0.5, 0.6) is 5.75 Å². The minimum absolute atomic E-state index is 0.00764. The van der Waals surface area contributed by atoms with Crippen molar-refractivity contribution in [2.75, 3.05) is 12.4 Å². The molecular formula is C19H19N5O2. The van der Waals surface area contributed by atoms with E-state index >= 15 is 0 Å². The van der Waals surface area contributed by atoms with Crippen molar-refractivity contribution in [3.8, 4) is 11.4 Å². The van der Waals surface area contributed by atoms with Crippen LogP contribution in [-0.2, 0) is 10.2 Å². The summed E-state index contributed by atoms with van der Waals surface area (Å²) in [5.41, 5.74) is 1.99. The monoisotopic (exact) mass is 349 g/mol. The molecule has 7 nitrogen and oxygen atoms in total. The number of nitrogens with one attached hydrogen (secondary N) is 1. The molecular weight excluding hydrogens is 330 g/mol. The average molecular weight is 349 g/mol. The molecule has 0 bridgehead atoms. The van der Waals surface area contributed by atoms with Crippen molar-refractivity contribution < 1.29 is 9.53 Å². The number of methoxy groups -OCH3 is 1. The van der Waals surface area contributed by atoms with Gasteiger partial charge < -0.3 is 10.1 Å². The molecule has 0 aliphatic heterocycles.